The van der Waals surface area contributed by atoms with E-state index in [1.54, 1.807) is 7.05 Å². The third-order valence-corrected chi connectivity index (χ3v) is 4.80. The van der Waals surface area contributed by atoms with Gasteiger partial charge in [0.1, 0.15) is 5.82 Å². The Balaban J connectivity index is 2.05. The fourth-order valence-electron chi connectivity index (χ4n) is 2.26. The van der Waals surface area contributed by atoms with Crippen LogP contribution in [-0.2, 0) is 22.9 Å². The molecule has 112 valence electrons. The molecule has 0 saturated heterocycles. The Hall–Kier alpha value is -1.41. The Morgan fingerprint density at radius 1 is 1.30 bits per heavy atom. The summed E-state index contributed by atoms with van der Waals surface area (Å²) in [6, 6.07) is 0. The second-order valence-corrected chi connectivity index (χ2v) is 7.16. The molecule has 3 N–H and O–H groups in total. The first-order valence-electron chi connectivity index (χ1n) is 6.68. The van der Waals surface area contributed by atoms with E-state index in [1.807, 2.05) is 0 Å². The number of nitrogens with zero attached hydrogens (tertiary/aromatic N) is 3. The molecule has 0 radical (unpaired) electrons. The van der Waals surface area contributed by atoms with Gasteiger partial charge in [0.2, 0.25) is 16.0 Å². The van der Waals surface area contributed by atoms with E-state index in [1.165, 1.54) is 10.6 Å². The van der Waals surface area contributed by atoms with Gasteiger partial charge in [0.25, 0.3) is 0 Å². The zero-order valence-electron chi connectivity index (χ0n) is 11.9. The van der Waals surface area contributed by atoms with Gasteiger partial charge in [-0.25, -0.2) is 17.7 Å². The number of anilines is 2. The molecule has 0 atom stereocenters. The van der Waals surface area contributed by atoms with Crippen molar-refractivity contribution in [1.82, 2.24) is 14.3 Å². The second-order valence-electron chi connectivity index (χ2n) is 5.07. The van der Waals surface area contributed by atoms with Crippen molar-refractivity contribution in [2.45, 2.75) is 25.7 Å². The molecule has 20 heavy (non-hydrogen) atoms. The number of rotatable bonds is 5. The number of hydrogen-bond donors (Lipinski definition) is 2. The van der Waals surface area contributed by atoms with E-state index in [-0.39, 0.29) is 5.95 Å². The van der Waals surface area contributed by atoms with Crippen LogP contribution >= 0.6 is 0 Å². The van der Waals surface area contributed by atoms with Gasteiger partial charge in [0.15, 0.2) is 0 Å². The number of aromatic nitrogens is 2. The first-order chi connectivity index (χ1) is 9.38. The minimum Gasteiger partial charge on any atom is -0.368 e. The van der Waals surface area contributed by atoms with Crippen molar-refractivity contribution in [3.05, 3.63) is 11.3 Å². The summed E-state index contributed by atoms with van der Waals surface area (Å²) in [5.74, 6) is 1.01. The minimum atomic E-state index is -3.15. The van der Waals surface area contributed by atoms with Gasteiger partial charge in [0.05, 0.1) is 11.9 Å². The Labute approximate surface area is 119 Å². The van der Waals surface area contributed by atoms with Crippen LogP contribution in [0.15, 0.2) is 0 Å². The molecule has 7 nitrogen and oxygen atoms in total. The molecule has 1 heterocycles. The Bertz CT molecular complexity index is 588. The fraction of sp³-hybridized carbons (Fsp3) is 0.667. The number of nitrogen functional groups attached to an aromatic ring is 1. The maximum absolute atomic E-state index is 11.3. The molecule has 8 heteroatoms. The van der Waals surface area contributed by atoms with Crippen LogP contribution in [0.1, 0.15) is 24.1 Å². The lowest BCUT2D eigenvalue weighted by atomic mass is 9.96. The van der Waals surface area contributed by atoms with Crippen LogP contribution in [0.25, 0.3) is 0 Å². The fourth-order valence-corrected chi connectivity index (χ4v) is 2.68. The SMILES string of the molecule is CN(CCNc1nc(N)nc2c1CCCC2)S(C)(=O)=O. The van der Waals surface area contributed by atoms with E-state index >= 15 is 0 Å². The van der Waals surface area contributed by atoms with Crippen LogP contribution in [0.3, 0.4) is 0 Å². The molecule has 0 aliphatic heterocycles. The van der Waals surface area contributed by atoms with E-state index in [9.17, 15) is 8.42 Å². The molecule has 2 rings (SSSR count). The number of aryl methyl sites for hydroxylation is 1. The predicted molar refractivity (Wildman–Crippen MR) is 79.0 cm³/mol. The zero-order chi connectivity index (χ0) is 14.8. The van der Waals surface area contributed by atoms with Crippen LogP contribution < -0.4 is 11.1 Å². The molecular weight excluding hydrogens is 278 g/mol. The first-order valence-corrected chi connectivity index (χ1v) is 8.53. The van der Waals surface area contributed by atoms with Crippen LogP contribution in [0.2, 0.25) is 0 Å². The van der Waals surface area contributed by atoms with E-state index in [4.69, 9.17) is 5.73 Å². The van der Waals surface area contributed by atoms with Crippen LogP contribution in [0, 0.1) is 0 Å². The molecule has 0 unspecified atom stereocenters. The van der Waals surface area contributed by atoms with Gasteiger partial charge in [-0.15, -0.1) is 0 Å². The van der Waals surface area contributed by atoms with Crippen molar-refractivity contribution in [3.8, 4) is 0 Å². The quantitative estimate of drug-likeness (QED) is 0.807. The minimum absolute atomic E-state index is 0.268. The molecule has 1 aliphatic carbocycles. The molecule has 1 aromatic heterocycles. The number of fused-ring (bicyclic) bond motifs is 1. The summed E-state index contributed by atoms with van der Waals surface area (Å²) in [4.78, 5) is 8.51. The average molecular weight is 299 g/mol. The lowest BCUT2D eigenvalue weighted by Crippen LogP contribution is -2.30. The van der Waals surface area contributed by atoms with Crippen molar-refractivity contribution in [3.63, 3.8) is 0 Å². The summed E-state index contributed by atoms with van der Waals surface area (Å²) in [6.45, 7) is 0.879. The molecule has 0 aromatic carbocycles. The van der Waals surface area contributed by atoms with E-state index in [2.05, 4.69) is 15.3 Å². The summed E-state index contributed by atoms with van der Waals surface area (Å²) < 4.78 is 23.9. The number of nitrogens with one attached hydrogen (secondary N) is 1. The maximum atomic E-state index is 11.3. The van der Waals surface area contributed by atoms with Crippen LogP contribution in [0.4, 0.5) is 11.8 Å². The van der Waals surface area contributed by atoms with Crippen LogP contribution in [0.5, 0.6) is 0 Å². The lowest BCUT2D eigenvalue weighted by molar-refractivity contribution is 0.486. The van der Waals surface area contributed by atoms with Gasteiger partial charge in [-0.2, -0.15) is 4.98 Å². The third kappa shape index (κ3) is 3.57. The molecule has 0 bridgehead atoms. The molecule has 0 saturated carbocycles. The van der Waals surface area contributed by atoms with Crippen molar-refractivity contribution in [2.24, 2.45) is 0 Å². The largest absolute Gasteiger partial charge is 0.368 e. The summed E-state index contributed by atoms with van der Waals surface area (Å²) in [5, 5.41) is 3.18. The average Bonchev–Trinajstić information content (AvgIpc) is 2.37. The number of nitrogens with two attached hydrogens (primary N) is 1. The second kappa shape index (κ2) is 5.92. The van der Waals surface area contributed by atoms with E-state index in [0.29, 0.717) is 13.1 Å². The van der Waals surface area contributed by atoms with E-state index in [0.717, 1.165) is 42.8 Å². The molecule has 0 spiro atoms. The number of hydrogen-bond acceptors (Lipinski definition) is 6. The smallest absolute Gasteiger partial charge is 0.222 e. The summed E-state index contributed by atoms with van der Waals surface area (Å²) in [6.07, 6.45) is 5.31. The number of sulfonamides is 1. The lowest BCUT2D eigenvalue weighted by Gasteiger charge is -2.20. The summed E-state index contributed by atoms with van der Waals surface area (Å²) >= 11 is 0. The maximum Gasteiger partial charge on any atom is 0.222 e. The van der Waals surface area contributed by atoms with Gasteiger partial charge < -0.3 is 11.1 Å². The highest BCUT2D eigenvalue weighted by Crippen LogP contribution is 2.25. The van der Waals surface area contributed by atoms with Gasteiger partial charge >= 0.3 is 0 Å². The summed E-state index contributed by atoms with van der Waals surface area (Å²) in [5.41, 5.74) is 7.85. The number of likely N-dealkylation sites (N-methyl/N-ethyl adjacent to an activating group) is 1. The van der Waals surface area contributed by atoms with E-state index < -0.39 is 10.0 Å². The van der Waals surface area contributed by atoms with Crippen molar-refractivity contribution in [1.29, 1.82) is 0 Å². The van der Waals surface area contributed by atoms with Crippen LogP contribution in [-0.4, -0.2) is 49.1 Å². The highest BCUT2D eigenvalue weighted by molar-refractivity contribution is 7.88. The van der Waals surface area contributed by atoms with Crippen molar-refractivity contribution < 1.29 is 8.42 Å². The monoisotopic (exact) mass is 299 g/mol. The molecular formula is C12H21N5O2S. The Morgan fingerprint density at radius 2 is 2.00 bits per heavy atom. The third-order valence-electron chi connectivity index (χ3n) is 3.49. The van der Waals surface area contributed by atoms with Gasteiger partial charge in [-0.1, -0.05) is 0 Å². The molecule has 1 aliphatic rings. The van der Waals surface area contributed by atoms with Gasteiger partial charge in [-0.3, -0.25) is 0 Å². The Morgan fingerprint density at radius 3 is 2.70 bits per heavy atom. The first kappa shape index (κ1) is 15.0. The standard InChI is InChI=1S/C12H21N5O2S/c1-17(20(2,18)19)8-7-14-11-9-5-3-4-6-10(9)15-12(13)16-11/h3-8H2,1-2H3,(H3,13,14,15,16). The highest BCUT2D eigenvalue weighted by Gasteiger charge is 2.17. The molecule has 0 amide bonds. The predicted octanol–water partition coefficient (Wildman–Crippen LogP) is 0.241. The topological polar surface area (TPSA) is 101 Å². The highest BCUT2D eigenvalue weighted by atomic mass is 32.2. The van der Waals surface area contributed by atoms with Crippen molar-refractivity contribution in [2.75, 3.05) is 37.4 Å². The summed E-state index contributed by atoms with van der Waals surface area (Å²) in [7, 11) is -1.59. The molecule has 1 aromatic rings. The molecule has 0 fully saturated rings. The Kier molecular flexibility index (Phi) is 4.44. The zero-order valence-corrected chi connectivity index (χ0v) is 12.7. The normalized spacial score (nSPS) is 15.2. The van der Waals surface area contributed by atoms with Gasteiger partial charge in [0, 0.05) is 25.7 Å². The van der Waals surface area contributed by atoms with Crippen molar-refractivity contribution >= 4 is 21.8 Å². The van der Waals surface area contributed by atoms with Gasteiger partial charge in [-0.05, 0) is 25.7 Å².